The highest BCUT2D eigenvalue weighted by Crippen LogP contribution is 2.25. The summed E-state index contributed by atoms with van der Waals surface area (Å²) in [6.07, 6.45) is 5.06. The van der Waals surface area contributed by atoms with Crippen LogP contribution >= 0.6 is 23.4 Å². The summed E-state index contributed by atoms with van der Waals surface area (Å²) in [7, 11) is 0. The van der Waals surface area contributed by atoms with Gasteiger partial charge >= 0.3 is 0 Å². The van der Waals surface area contributed by atoms with E-state index in [4.69, 9.17) is 20.8 Å². The molecule has 0 saturated heterocycles. The number of ether oxygens (including phenoxy) is 1. The normalized spacial score (nSPS) is 11.3. The number of halogens is 1. The molecule has 8 heteroatoms. The maximum Gasteiger partial charge on any atom is 0.211 e. The quantitative estimate of drug-likeness (QED) is 0.489. The lowest BCUT2D eigenvalue weighted by molar-refractivity contribution is 0.268. The number of hydrogen-bond donors (Lipinski definition) is 0. The van der Waals surface area contributed by atoms with Crippen molar-refractivity contribution in [3.63, 3.8) is 0 Å². The van der Waals surface area contributed by atoms with Crippen molar-refractivity contribution in [2.45, 2.75) is 18.7 Å². The molecule has 2 aromatic heterocycles. The van der Waals surface area contributed by atoms with Crippen molar-refractivity contribution in [1.82, 2.24) is 14.9 Å². The minimum absolute atomic E-state index is 0.317. The molecule has 3 aromatic rings. The standard InChI is InChI=1S/C16H15ClN4O2S/c1-11-14(17)4-3-5-15(11)22-9-13-7-6-12(23-13)8-19-21-10-18-20-16(21)24-2/h3-8,10H,9H2,1-2H3. The fraction of sp³-hybridized carbons (Fsp3) is 0.188. The molecule has 0 fully saturated rings. The first-order valence-electron chi connectivity index (χ1n) is 7.12. The zero-order chi connectivity index (χ0) is 16.9. The van der Waals surface area contributed by atoms with Crippen molar-refractivity contribution in [3.8, 4) is 5.75 Å². The van der Waals surface area contributed by atoms with Gasteiger partial charge in [-0.1, -0.05) is 29.4 Å². The summed E-state index contributed by atoms with van der Waals surface area (Å²) in [4.78, 5) is 0. The molecule has 2 heterocycles. The zero-order valence-electron chi connectivity index (χ0n) is 13.1. The van der Waals surface area contributed by atoms with Gasteiger partial charge in [-0.3, -0.25) is 0 Å². The molecule has 1 aromatic carbocycles. The Morgan fingerprint density at radius 1 is 1.38 bits per heavy atom. The van der Waals surface area contributed by atoms with E-state index in [9.17, 15) is 0 Å². The van der Waals surface area contributed by atoms with Crippen LogP contribution in [0.3, 0.4) is 0 Å². The van der Waals surface area contributed by atoms with Crippen LogP contribution in [0.15, 0.2) is 51.3 Å². The lowest BCUT2D eigenvalue weighted by Crippen LogP contribution is -1.96. The van der Waals surface area contributed by atoms with Gasteiger partial charge in [-0.2, -0.15) is 9.78 Å². The fourth-order valence-electron chi connectivity index (χ4n) is 1.99. The van der Waals surface area contributed by atoms with Gasteiger partial charge in [0.1, 0.15) is 30.2 Å². The van der Waals surface area contributed by atoms with Crippen LogP contribution in [0.5, 0.6) is 5.75 Å². The van der Waals surface area contributed by atoms with E-state index in [1.807, 2.05) is 43.5 Å². The summed E-state index contributed by atoms with van der Waals surface area (Å²) in [5.41, 5.74) is 0.907. The number of furan rings is 1. The third kappa shape index (κ3) is 3.80. The first-order chi connectivity index (χ1) is 11.7. The second kappa shape index (κ2) is 7.55. The van der Waals surface area contributed by atoms with Crippen molar-refractivity contribution in [2.24, 2.45) is 5.10 Å². The minimum atomic E-state index is 0.317. The van der Waals surface area contributed by atoms with E-state index in [2.05, 4.69) is 15.3 Å². The first kappa shape index (κ1) is 16.6. The number of aromatic nitrogens is 3. The Hall–Kier alpha value is -2.25. The molecule has 0 unspecified atom stereocenters. The SMILES string of the molecule is CSc1nncn1N=Cc1ccc(COc2cccc(Cl)c2C)o1. The van der Waals surface area contributed by atoms with Crippen molar-refractivity contribution in [1.29, 1.82) is 0 Å². The molecule has 0 amide bonds. The number of rotatable bonds is 6. The van der Waals surface area contributed by atoms with Gasteiger partial charge in [-0.25, -0.2) is 0 Å². The highest BCUT2D eigenvalue weighted by atomic mass is 35.5. The Morgan fingerprint density at radius 2 is 2.25 bits per heavy atom. The first-order valence-corrected chi connectivity index (χ1v) is 8.72. The molecular weight excluding hydrogens is 348 g/mol. The Kier molecular flexibility index (Phi) is 5.22. The molecule has 3 rings (SSSR count). The predicted molar refractivity (Wildman–Crippen MR) is 94.0 cm³/mol. The van der Waals surface area contributed by atoms with Gasteiger partial charge in [0, 0.05) is 10.6 Å². The topological polar surface area (TPSA) is 65.4 Å². The molecule has 0 aliphatic rings. The summed E-state index contributed by atoms with van der Waals surface area (Å²) in [5, 5.41) is 13.4. The van der Waals surface area contributed by atoms with Gasteiger partial charge in [0.05, 0.1) is 6.21 Å². The highest BCUT2D eigenvalue weighted by molar-refractivity contribution is 7.98. The molecule has 0 radical (unpaired) electrons. The van der Waals surface area contributed by atoms with Crippen LogP contribution in [0.25, 0.3) is 0 Å². The van der Waals surface area contributed by atoms with Crippen molar-refractivity contribution in [2.75, 3.05) is 6.26 Å². The number of thioether (sulfide) groups is 1. The fourth-order valence-corrected chi connectivity index (χ4v) is 2.56. The Balaban J connectivity index is 1.64. The summed E-state index contributed by atoms with van der Waals surface area (Å²) in [6.45, 7) is 2.23. The lowest BCUT2D eigenvalue weighted by Gasteiger charge is -2.08. The van der Waals surface area contributed by atoms with E-state index in [-0.39, 0.29) is 0 Å². The Bertz CT molecular complexity index is 859. The van der Waals surface area contributed by atoms with Crippen LogP contribution in [-0.2, 0) is 6.61 Å². The van der Waals surface area contributed by atoms with E-state index < -0.39 is 0 Å². The molecule has 0 aliphatic carbocycles. The summed E-state index contributed by atoms with van der Waals surface area (Å²) >= 11 is 7.54. The van der Waals surface area contributed by atoms with Gasteiger partial charge in [0.2, 0.25) is 5.16 Å². The number of benzene rings is 1. The van der Waals surface area contributed by atoms with Gasteiger partial charge in [0.15, 0.2) is 0 Å². The molecule has 0 atom stereocenters. The lowest BCUT2D eigenvalue weighted by atomic mass is 10.2. The van der Waals surface area contributed by atoms with Gasteiger partial charge in [-0.05, 0) is 37.4 Å². The summed E-state index contributed by atoms with van der Waals surface area (Å²) < 4.78 is 13.0. The van der Waals surface area contributed by atoms with Crippen molar-refractivity contribution < 1.29 is 9.15 Å². The third-order valence-corrected chi connectivity index (χ3v) is 4.31. The monoisotopic (exact) mass is 362 g/mol. The molecule has 0 saturated carbocycles. The highest BCUT2D eigenvalue weighted by Gasteiger charge is 2.06. The van der Waals surface area contributed by atoms with Gasteiger partial charge in [-0.15, -0.1) is 10.2 Å². The van der Waals surface area contributed by atoms with E-state index in [1.54, 1.807) is 10.9 Å². The molecular formula is C16H15ClN4O2S. The van der Waals surface area contributed by atoms with Crippen LogP contribution in [0.2, 0.25) is 5.02 Å². The smallest absolute Gasteiger partial charge is 0.211 e. The Morgan fingerprint density at radius 3 is 3.08 bits per heavy atom. The maximum absolute atomic E-state index is 6.08. The van der Waals surface area contributed by atoms with Gasteiger partial charge < -0.3 is 9.15 Å². The number of nitrogens with zero attached hydrogens (tertiary/aromatic N) is 4. The maximum atomic E-state index is 6.08. The zero-order valence-corrected chi connectivity index (χ0v) is 14.7. The van der Waals surface area contributed by atoms with Crippen LogP contribution in [0.1, 0.15) is 17.1 Å². The number of hydrogen-bond acceptors (Lipinski definition) is 6. The van der Waals surface area contributed by atoms with Crippen LogP contribution in [0, 0.1) is 6.92 Å². The van der Waals surface area contributed by atoms with E-state index in [1.165, 1.54) is 18.1 Å². The molecule has 6 nitrogen and oxygen atoms in total. The van der Waals surface area contributed by atoms with Gasteiger partial charge in [0.25, 0.3) is 0 Å². The average molecular weight is 363 g/mol. The van der Waals surface area contributed by atoms with E-state index in [0.717, 1.165) is 11.3 Å². The molecule has 0 aliphatic heterocycles. The summed E-state index contributed by atoms with van der Waals surface area (Å²) in [5.74, 6) is 2.06. The Labute approximate surface area is 148 Å². The third-order valence-electron chi connectivity index (χ3n) is 3.26. The molecule has 0 bridgehead atoms. The summed E-state index contributed by atoms with van der Waals surface area (Å²) in [6, 6.07) is 9.24. The largest absolute Gasteiger partial charge is 0.485 e. The second-order valence-corrected chi connectivity index (χ2v) is 6.04. The second-order valence-electron chi connectivity index (χ2n) is 4.86. The molecule has 124 valence electrons. The molecule has 0 N–H and O–H groups in total. The molecule has 0 spiro atoms. The van der Waals surface area contributed by atoms with E-state index >= 15 is 0 Å². The van der Waals surface area contributed by atoms with Crippen LogP contribution in [-0.4, -0.2) is 27.3 Å². The average Bonchev–Trinajstić information content (AvgIpc) is 3.22. The van der Waals surface area contributed by atoms with Crippen LogP contribution < -0.4 is 4.74 Å². The molecule has 24 heavy (non-hydrogen) atoms. The van der Waals surface area contributed by atoms with Crippen LogP contribution in [0.4, 0.5) is 0 Å². The van der Waals surface area contributed by atoms with Crippen molar-refractivity contribution >= 4 is 29.6 Å². The predicted octanol–water partition coefficient (Wildman–Crippen LogP) is 4.02. The van der Waals surface area contributed by atoms with E-state index in [0.29, 0.717) is 28.3 Å². The van der Waals surface area contributed by atoms with Crippen molar-refractivity contribution in [3.05, 3.63) is 58.8 Å². The minimum Gasteiger partial charge on any atom is -0.485 e.